The van der Waals surface area contributed by atoms with Crippen molar-refractivity contribution in [3.63, 3.8) is 0 Å². The Labute approximate surface area is 166 Å². The van der Waals surface area contributed by atoms with Gasteiger partial charge < -0.3 is 39.9 Å². The molecule has 0 fully saturated rings. The van der Waals surface area contributed by atoms with E-state index in [0.717, 1.165) is 58.2 Å². The average molecular weight is 410 g/mol. The maximum atomic E-state index is 9.95. The summed E-state index contributed by atoms with van der Waals surface area (Å²) in [5, 5.41) is 13.2. The fraction of sp³-hybridized carbons (Fsp3) is 1.00. The van der Waals surface area contributed by atoms with Gasteiger partial charge in [0.25, 0.3) is 0 Å². The molecule has 0 radical (unpaired) electrons. The summed E-state index contributed by atoms with van der Waals surface area (Å²) in [7, 11) is 2.29. The first-order chi connectivity index (χ1) is 13.1. The highest BCUT2D eigenvalue weighted by Crippen LogP contribution is 2.15. The SMILES string of the molecule is CO[Si](CCCOCC(O)CNCCCCC(CN)CCCN)(OC)OC. The van der Waals surface area contributed by atoms with Crippen LogP contribution in [-0.2, 0) is 18.0 Å². The molecule has 6 N–H and O–H groups in total. The number of nitrogens with one attached hydrogen (secondary N) is 1. The topological polar surface area (TPSA) is 121 Å². The Morgan fingerprint density at radius 3 is 2.22 bits per heavy atom. The van der Waals surface area contributed by atoms with Crippen LogP contribution >= 0.6 is 0 Å². The molecule has 0 aromatic rings. The first kappa shape index (κ1) is 26.9. The lowest BCUT2D eigenvalue weighted by Gasteiger charge is -2.24. The summed E-state index contributed by atoms with van der Waals surface area (Å²) in [4.78, 5) is 0. The van der Waals surface area contributed by atoms with E-state index in [9.17, 15) is 5.11 Å². The number of rotatable bonds is 20. The van der Waals surface area contributed by atoms with Crippen LogP contribution in [0.5, 0.6) is 0 Å². The molecule has 0 aromatic heterocycles. The molecule has 0 aliphatic carbocycles. The number of aliphatic hydroxyl groups excluding tert-OH is 1. The van der Waals surface area contributed by atoms with E-state index < -0.39 is 14.9 Å². The highest BCUT2D eigenvalue weighted by molar-refractivity contribution is 6.60. The van der Waals surface area contributed by atoms with Crippen LogP contribution in [0.25, 0.3) is 0 Å². The van der Waals surface area contributed by atoms with Gasteiger partial charge in [0.15, 0.2) is 0 Å². The molecular formula is C18H43N3O5Si. The van der Waals surface area contributed by atoms with Crippen LogP contribution in [0.2, 0.25) is 6.04 Å². The molecule has 0 aliphatic rings. The number of nitrogens with two attached hydrogens (primary N) is 2. The minimum atomic E-state index is -2.52. The summed E-state index contributed by atoms with van der Waals surface area (Å²) in [6.07, 6.45) is 5.84. The van der Waals surface area contributed by atoms with Crippen molar-refractivity contribution in [2.45, 2.75) is 50.7 Å². The van der Waals surface area contributed by atoms with E-state index in [1.54, 1.807) is 21.3 Å². The van der Waals surface area contributed by atoms with Crippen molar-refractivity contribution in [3.8, 4) is 0 Å². The van der Waals surface area contributed by atoms with E-state index in [4.69, 9.17) is 29.5 Å². The second kappa shape index (κ2) is 18.0. The number of aliphatic hydroxyl groups is 1. The monoisotopic (exact) mass is 409 g/mol. The lowest BCUT2D eigenvalue weighted by Crippen LogP contribution is -2.42. The van der Waals surface area contributed by atoms with Crippen LogP contribution < -0.4 is 16.8 Å². The summed E-state index contributed by atoms with van der Waals surface area (Å²) >= 11 is 0. The average Bonchev–Trinajstić information content (AvgIpc) is 2.70. The molecule has 9 heteroatoms. The van der Waals surface area contributed by atoms with Gasteiger partial charge >= 0.3 is 8.80 Å². The third kappa shape index (κ3) is 13.7. The number of ether oxygens (including phenoxy) is 1. The second-order valence-corrected chi connectivity index (χ2v) is 9.95. The van der Waals surface area contributed by atoms with Crippen LogP contribution in [0.1, 0.15) is 38.5 Å². The first-order valence-electron chi connectivity index (χ1n) is 10.1. The quantitative estimate of drug-likeness (QED) is 0.171. The zero-order chi connectivity index (χ0) is 20.4. The maximum absolute atomic E-state index is 9.95. The van der Waals surface area contributed by atoms with Crippen molar-refractivity contribution >= 4 is 8.80 Å². The Morgan fingerprint density at radius 2 is 1.63 bits per heavy atom. The Kier molecular flexibility index (Phi) is 17.9. The summed E-state index contributed by atoms with van der Waals surface area (Å²) in [6.45, 7) is 3.79. The molecule has 0 amide bonds. The smallest absolute Gasteiger partial charge is 0.389 e. The highest BCUT2D eigenvalue weighted by atomic mass is 28.4. The molecule has 0 aromatic carbocycles. The van der Waals surface area contributed by atoms with Crippen LogP contribution in [0.15, 0.2) is 0 Å². The van der Waals surface area contributed by atoms with Gasteiger partial charge in [-0.15, -0.1) is 0 Å². The maximum Gasteiger partial charge on any atom is 0.500 e. The van der Waals surface area contributed by atoms with E-state index in [1.165, 1.54) is 0 Å². The lowest BCUT2D eigenvalue weighted by atomic mass is 9.97. The Bertz CT molecular complexity index is 317. The summed E-state index contributed by atoms with van der Waals surface area (Å²) < 4.78 is 21.6. The molecule has 0 aliphatic heterocycles. The molecule has 0 spiro atoms. The Hall–Kier alpha value is -0.103. The Balaban J connectivity index is 3.58. The standard InChI is InChI=1S/C18H43N3O5Si/c1-23-27(24-2,25-3)13-7-12-26-16-18(22)15-21-11-5-4-8-17(14-20)9-6-10-19/h17-18,21-22H,4-16,19-20H2,1-3H3. The summed E-state index contributed by atoms with van der Waals surface area (Å²) in [5.74, 6) is 0.587. The van der Waals surface area contributed by atoms with Crippen LogP contribution in [0.3, 0.4) is 0 Å². The van der Waals surface area contributed by atoms with Gasteiger partial charge in [-0.05, 0) is 57.7 Å². The van der Waals surface area contributed by atoms with Crippen molar-refractivity contribution in [1.29, 1.82) is 0 Å². The van der Waals surface area contributed by atoms with Crippen LogP contribution in [0, 0.1) is 5.92 Å². The Morgan fingerprint density at radius 1 is 0.963 bits per heavy atom. The van der Waals surface area contributed by atoms with E-state index in [2.05, 4.69) is 5.32 Å². The van der Waals surface area contributed by atoms with Gasteiger partial charge in [-0.2, -0.15) is 0 Å². The van der Waals surface area contributed by atoms with Gasteiger partial charge in [0.05, 0.1) is 12.7 Å². The van der Waals surface area contributed by atoms with E-state index >= 15 is 0 Å². The van der Waals surface area contributed by atoms with Crippen molar-refractivity contribution in [1.82, 2.24) is 5.32 Å². The molecule has 0 rings (SSSR count). The van der Waals surface area contributed by atoms with Gasteiger partial charge in [-0.25, -0.2) is 0 Å². The lowest BCUT2D eigenvalue weighted by molar-refractivity contribution is 0.0352. The van der Waals surface area contributed by atoms with E-state index in [1.807, 2.05) is 0 Å². The predicted molar refractivity (Wildman–Crippen MR) is 111 cm³/mol. The fourth-order valence-electron chi connectivity index (χ4n) is 2.96. The summed E-state index contributed by atoms with van der Waals surface area (Å²) in [6, 6.07) is 0.694. The molecule has 2 atom stereocenters. The largest absolute Gasteiger partial charge is 0.500 e. The third-order valence-electron chi connectivity index (χ3n) is 4.76. The molecule has 164 valence electrons. The van der Waals surface area contributed by atoms with Crippen molar-refractivity contribution in [2.24, 2.45) is 17.4 Å². The van der Waals surface area contributed by atoms with Gasteiger partial charge in [0.2, 0.25) is 0 Å². The second-order valence-electron chi connectivity index (χ2n) is 6.86. The zero-order valence-corrected chi connectivity index (χ0v) is 18.6. The van der Waals surface area contributed by atoms with Crippen molar-refractivity contribution in [2.75, 3.05) is 60.7 Å². The zero-order valence-electron chi connectivity index (χ0n) is 17.6. The molecule has 0 heterocycles. The number of hydrogen-bond donors (Lipinski definition) is 4. The molecule has 0 saturated carbocycles. The first-order valence-corrected chi connectivity index (χ1v) is 12.0. The van der Waals surface area contributed by atoms with Crippen LogP contribution in [-0.4, -0.2) is 80.7 Å². The highest BCUT2D eigenvalue weighted by Gasteiger charge is 2.36. The van der Waals surface area contributed by atoms with E-state index in [-0.39, 0.29) is 0 Å². The molecule has 0 saturated heterocycles. The number of unbranched alkanes of at least 4 members (excludes halogenated alkanes) is 1. The number of hydrogen-bond acceptors (Lipinski definition) is 8. The molecule has 27 heavy (non-hydrogen) atoms. The van der Waals surface area contributed by atoms with E-state index in [0.29, 0.717) is 31.7 Å². The van der Waals surface area contributed by atoms with Crippen LogP contribution in [0.4, 0.5) is 0 Å². The molecule has 0 bridgehead atoms. The minimum Gasteiger partial charge on any atom is -0.389 e. The van der Waals surface area contributed by atoms with Crippen molar-refractivity contribution < 1.29 is 23.1 Å². The fourth-order valence-corrected chi connectivity index (χ4v) is 4.65. The third-order valence-corrected chi connectivity index (χ3v) is 7.59. The normalized spacial score (nSPS) is 14.4. The summed E-state index contributed by atoms with van der Waals surface area (Å²) in [5.41, 5.74) is 11.3. The molecular weight excluding hydrogens is 366 g/mol. The van der Waals surface area contributed by atoms with Gasteiger partial charge in [0.1, 0.15) is 0 Å². The van der Waals surface area contributed by atoms with Gasteiger partial charge in [-0.1, -0.05) is 6.42 Å². The molecule has 2 unspecified atom stereocenters. The van der Waals surface area contributed by atoms with Crippen molar-refractivity contribution in [3.05, 3.63) is 0 Å². The van der Waals surface area contributed by atoms with Gasteiger partial charge in [0, 0.05) is 40.5 Å². The van der Waals surface area contributed by atoms with Gasteiger partial charge in [-0.3, -0.25) is 0 Å². The predicted octanol–water partition coefficient (Wildman–Crippen LogP) is 0.706. The minimum absolute atomic E-state index is 0.322. The molecule has 8 nitrogen and oxygen atoms in total.